The average Bonchev–Trinajstić information content (AvgIpc) is 2.94. The second-order valence-electron chi connectivity index (χ2n) is 4.54. The first-order chi connectivity index (χ1) is 8.60. The Morgan fingerprint density at radius 2 is 2.17 bits per heavy atom. The summed E-state index contributed by atoms with van der Waals surface area (Å²) in [5, 5.41) is 10.3. The van der Waals surface area contributed by atoms with Gasteiger partial charge in [-0.15, -0.1) is 11.3 Å². The molecule has 0 saturated heterocycles. The van der Waals surface area contributed by atoms with E-state index in [4.69, 9.17) is 4.52 Å². The third-order valence-electron chi connectivity index (χ3n) is 2.60. The van der Waals surface area contributed by atoms with Gasteiger partial charge in [0.2, 0.25) is 0 Å². The smallest absolute Gasteiger partial charge is 0.322 e. The van der Waals surface area contributed by atoms with Gasteiger partial charge in [0.1, 0.15) is 5.01 Å². The Hall–Kier alpha value is -1.43. The van der Waals surface area contributed by atoms with Crippen molar-refractivity contribution in [3.8, 4) is 0 Å². The topological polar surface area (TPSA) is 63.8 Å². The fourth-order valence-corrected chi connectivity index (χ4v) is 2.48. The molecule has 0 aliphatic rings. The Kier molecular flexibility index (Phi) is 3.96. The van der Waals surface area contributed by atoms with Crippen LogP contribution in [-0.2, 0) is 0 Å². The fraction of sp³-hybridized carbons (Fsp3) is 0.583. The molecule has 1 atom stereocenters. The van der Waals surface area contributed by atoms with Crippen LogP contribution < -0.4 is 5.32 Å². The molecule has 0 aliphatic carbocycles. The Balaban J connectivity index is 2.10. The number of hydrogen-bond acceptors (Lipinski definition) is 6. The van der Waals surface area contributed by atoms with E-state index in [1.54, 1.807) is 11.3 Å². The van der Waals surface area contributed by atoms with E-state index in [0.29, 0.717) is 6.01 Å². The molecule has 0 amide bonds. The summed E-state index contributed by atoms with van der Waals surface area (Å²) in [4.78, 5) is 8.80. The first-order valence-electron chi connectivity index (χ1n) is 6.12. The summed E-state index contributed by atoms with van der Waals surface area (Å²) in [6.45, 7) is 8.18. The molecule has 2 aromatic rings. The van der Waals surface area contributed by atoms with Gasteiger partial charge >= 0.3 is 6.01 Å². The molecule has 98 valence electrons. The molecule has 0 aliphatic heterocycles. The van der Waals surface area contributed by atoms with Crippen molar-refractivity contribution in [3.05, 3.63) is 21.9 Å². The van der Waals surface area contributed by atoms with E-state index in [2.05, 4.69) is 27.4 Å². The molecule has 2 rings (SSSR count). The fourth-order valence-electron chi connectivity index (χ4n) is 1.55. The van der Waals surface area contributed by atoms with Crippen LogP contribution in [0.1, 0.15) is 55.7 Å². The van der Waals surface area contributed by atoms with Crippen LogP contribution >= 0.6 is 11.3 Å². The first kappa shape index (κ1) is 13.0. The van der Waals surface area contributed by atoms with Crippen molar-refractivity contribution in [2.75, 3.05) is 5.32 Å². The maximum Gasteiger partial charge on any atom is 0.322 e. The standard InChI is InChI=1S/C12H18N4OS/c1-5-9(11-13-8(4)6-18-11)14-12-15-10(7(2)3)16-17-12/h6-7,9H,5H2,1-4H3,(H,14,15,16)/t9-/m0/s1. The van der Waals surface area contributed by atoms with Gasteiger partial charge in [0.25, 0.3) is 0 Å². The summed E-state index contributed by atoms with van der Waals surface area (Å²) in [5.74, 6) is 0.995. The highest BCUT2D eigenvalue weighted by atomic mass is 32.1. The average molecular weight is 266 g/mol. The monoisotopic (exact) mass is 266 g/mol. The molecule has 0 aromatic carbocycles. The normalized spacial score (nSPS) is 12.9. The lowest BCUT2D eigenvalue weighted by Gasteiger charge is -2.11. The molecule has 0 radical (unpaired) electrons. The van der Waals surface area contributed by atoms with Gasteiger partial charge in [-0.2, -0.15) is 4.98 Å². The van der Waals surface area contributed by atoms with Crippen molar-refractivity contribution in [1.82, 2.24) is 15.1 Å². The number of aryl methyl sites for hydroxylation is 1. The Labute approximate surface area is 111 Å². The zero-order valence-electron chi connectivity index (χ0n) is 11.1. The van der Waals surface area contributed by atoms with Crippen LogP contribution in [0.25, 0.3) is 0 Å². The van der Waals surface area contributed by atoms with Crippen LogP contribution in [-0.4, -0.2) is 15.1 Å². The van der Waals surface area contributed by atoms with E-state index >= 15 is 0 Å². The van der Waals surface area contributed by atoms with E-state index in [-0.39, 0.29) is 12.0 Å². The molecule has 0 saturated carbocycles. The molecular weight excluding hydrogens is 248 g/mol. The maximum atomic E-state index is 5.19. The Morgan fingerprint density at radius 1 is 1.39 bits per heavy atom. The first-order valence-corrected chi connectivity index (χ1v) is 7.00. The van der Waals surface area contributed by atoms with Crippen molar-refractivity contribution in [2.24, 2.45) is 0 Å². The highest BCUT2D eigenvalue weighted by Gasteiger charge is 2.17. The molecule has 0 spiro atoms. The van der Waals surface area contributed by atoms with Gasteiger partial charge in [-0.05, 0) is 13.3 Å². The van der Waals surface area contributed by atoms with Crippen molar-refractivity contribution >= 4 is 17.4 Å². The van der Waals surface area contributed by atoms with Crippen molar-refractivity contribution < 1.29 is 4.52 Å². The molecule has 0 bridgehead atoms. The van der Waals surface area contributed by atoms with Crippen LogP contribution in [0, 0.1) is 6.92 Å². The summed E-state index contributed by atoms with van der Waals surface area (Å²) in [5.41, 5.74) is 1.05. The largest absolute Gasteiger partial charge is 0.329 e. The molecule has 18 heavy (non-hydrogen) atoms. The van der Waals surface area contributed by atoms with E-state index in [0.717, 1.165) is 22.9 Å². The van der Waals surface area contributed by atoms with Crippen LogP contribution in [0.15, 0.2) is 9.90 Å². The third kappa shape index (κ3) is 2.87. The quantitative estimate of drug-likeness (QED) is 0.897. The molecule has 0 unspecified atom stereocenters. The van der Waals surface area contributed by atoms with Crippen LogP contribution in [0.2, 0.25) is 0 Å². The SMILES string of the molecule is CC[C@H](Nc1nc(C(C)C)no1)c1nc(C)cs1. The number of anilines is 1. The Morgan fingerprint density at radius 3 is 2.67 bits per heavy atom. The van der Waals surface area contributed by atoms with E-state index in [9.17, 15) is 0 Å². The number of nitrogens with zero attached hydrogens (tertiary/aromatic N) is 3. The van der Waals surface area contributed by atoms with Crippen LogP contribution in [0.5, 0.6) is 0 Å². The lowest BCUT2D eigenvalue weighted by Crippen LogP contribution is -2.09. The predicted molar refractivity (Wildman–Crippen MR) is 71.9 cm³/mol. The van der Waals surface area contributed by atoms with Gasteiger partial charge in [-0.1, -0.05) is 25.9 Å². The second kappa shape index (κ2) is 5.48. The van der Waals surface area contributed by atoms with Gasteiger partial charge in [-0.3, -0.25) is 0 Å². The van der Waals surface area contributed by atoms with E-state index < -0.39 is 0 Å². The number of thiazole rings is 1. The number of rotatable bonds is 5. The summed E-state index contributed by atoms with van der Waals surface area (Å²) >= 11 is 1.65. The molecule has 5 nitrogen and oxygen atoms in total. The zero-order chi connectivity index (χ0) is 13.1. The third-order valence-corrected chi connectivity index (χ3v) is 3.68. The zero-order valence-corrected chi connectivity index (χ0v) is 11.9. The van der Waals surface area contributed by atoms with Crippen molar-refractivity contribution in [1.29, 1.82) is 0 Å². The highest BCUT2D eigenvalue weighted by molar-refractivity contribution is 7.09. The van der Waals surface area contributed by atoms with E-state index in [1.165, 1.54) is 0 Å². The molecule has 1 N–H and O–H groups in total. The number of hydrogen-bond donors (Lipinski definition) is 1. The molecular formula is C12H18N4OS. The van der Waals surface area contributed by atoms with Gasteiger partial charge in [0.15, 0.2) is 5.82 Å². The minimum atomic E-state index is 0.129. The van der Waals surface area contributed by atoms with Crippen LogP contribution in [0.3, 0.4) is 0 Å². The minimum absolute atomic E-state index is 0.129. The lowest BCUT2D eigenvalue weighted by atomic mass is 10.2. The lowest BCUT2D eigenvalue weighted by molar-refractivity contribution is 0.415. The summed E-state index contributed by atoms with van der Waals surface area (Å²) < 4.78 is 5.19. The molecule has 0 fully saturated rings. The second-order valence-corrected chi connectivity index (χ2v) is 5.43. The summed E-state index contributed by atoms with van der Waals surface area (Å²) in [6, 6.07) is 0.600. The molecule has 2 heterocycles. The Bertz CT molecular complexity index is 506. The van der Waals surface area contributed by atoms with Crippen molar-refractivity contribution in [3.63, 3.8) is 0 Å². The number of aromatic nitrogens is 3. The minimum Gasteiger partial charge on any atom is -0.329 e. The van der Waals surface area contributed by atoms with E-state index in [1.807, 2.05) is 26.2 Å². The number of nitrogens with one attached hydrogen (secondary N) is 1. The van der Waals surface area contributed by atoms with Gasteiger partial charge in [0.05, 0.1) is 6.04 Å². The summed E-state index contributed by atoms with van der Waals surface area (Å²) in [7, 11) is 0. The molecule has 6 heteroatoms. The predicted octanol–water partition coefficient (Wildman–Crippen LogP) is 3.52. The molecule has 2 aromatic heterocycles. The van der Waals surface area contributed by atoms with Gasteiger partial charge in [-0.25, -0.2) is 4.98 Å². The van der Waals surface area contributed by atoms with Crippen LogP contribution in [0.4, 0.5) is 6.01 Å². The van der Waals surface area contributed by atoms with Gasteiger partial charge < -0.3 is 9.84 Å². The van der Waals surface area contributed by atoms with Crippen molar-refractivity contribution in [2.45, 2.75) is 46.1 Å². The maximum absolute atomic E-state index is 5.19. The van der Waals surface area contributed by atoms with Gasteiger partial charge in [0, 0.05) is 17.0 Å². The summed E-state index contributed by atoms with van der Waals surface area (Å²) in [6.07, 6.45) is 0.923. The highest BCUT2D eigenvalue weighted by Crippen LogP contribution is 2.25.